The molecule has 0 aliphatic carbocycles. The van der Waals surface area contributed by atoms with Gasteiger partial charge in [-0.15, -0.1) is 0 Å². The summed E-state index contributed by atoms with van der Waals surface area (Å²) in [5.74, 6) is 0.172. The van der Waals surface area contributed by atoms with E-state index >= 15 is 0 Å². The minimum absolute atomic E-state index is 0.207. The molecule has 31 heavy (non-hydrogen) atoms. The minimum Gasteiger partial charge on any atom is -0.490 e. The summed E-state index contributed by atoms with van der Waals surface area (Å²) in [4.78, 5) is 23.8. The number of carbonyl (C=O) groups excluding carboxylic acids is 2. The van der Waals surface area contributed by atoms with Gasteiger partial charge >= 0.3 is 5.97 Å². The van der Waals surface area contributed by atoms with Gasteiger partial charge in [-0.1, -0.05) is 23.8 Å². The van der Waals surface area contributed by atoms with E-state index < -0.39 is 5.97 Å². The van der Waals surface area contributed by atoms with Gasteiger partial charge in [0.2, 0.25) is 5.91 Å². The largest absolute Gasteiger partial charge is 0.490 e. The maximum atomic E-state index is 12.2. The number of esters is 1. The third kappa shape index (κ3) is 7.71. The van der Waals surface area contributed by atoms with Crippen LogP contribution in [0.25, 0.3) is 0 Å². The monoisotopic (exact) mass is 490 g/mol. The number of hydrogen-bond donors (Lipinski definition) is 1. The normalized spacial score (nSPS) is 10.7. The Balaban J connectivity index is 2.05. The number of aryl methyl sites for hydroxylation is 2. The van der Waals surface area contributed by atoms with Crippen molar-refractivity contribution in [3.8, 4) is 11.5 Å². The van der Waals surface area contributed by atoms with Gasteiger partial charge in [0.25, 0.3) is 0 Å². The fourth-order valence-corrected chi connectivity index (χ4v) is 3.41. The van der Waals surface area contributed by atoms with Crippen LogP contribution in [0.2, 0.25) is 0 Å². The molecule has 0 heterocycles. The first-order chi connectivity index (χ1) is 14.8. The van der Waals surface area contributed by atoms with Gasteiger partial charge in [0.1, 0.15) is 0 Å². The molecule has 2 rings (SSSR count). The van der Waals surface area contributed by atoms with E-state index in [-0.39, 0.29) is 25.5 Å². The van der Waals surface area contributed by atoms with Crippen molar-refractivity contribution in [1.82, 2.24) is 5.43 Å². The second-order valence-electron chi connectivity index (χ2n) is 6.76. The number of nitrogens with one attached hydrogen (secondary N) is 1. The molecule has 0 atom stereocenters. The summed E-state index contributed by atoms with van der Waals surface area (Å²) in [6.07, 6.45) is 1.76. The lowest BCUT2D eigenvalue weighted by Gasteiger charge is -2.14. The van der Waals surface area contributed by atoms with Crippen LogP contribution >= 0.6 is 15.9 Å². The van der Waals surface area contributed by atoms with Crippen molar-refractivity contribution in [2.45, 2.75) is 34.1 Å². The molecule has 0 radical (unpaired) electrons. The highest BCUT2D eigenvalue weighted by Crippen LogP contribution is 2.36. The van der Waals surface area contributed by atoms with Crippen LogP contribution in [0.3, 0.4) is 0 Å². The van der Waals surface area contributed by atoms with E-state index in [1.165, 1.54) is 6.21 Å². The van der Waals surface area contributed by atoms with Crippen molar-refractivity contribution < 1.29 is 23.8 Å². The molecule has 0 spiro atoms. The number of rotatable bonds is 10. The SMILES string of the molecule is CCOC(=O)COc1c(Br)cc(/C=N\NC(=O)Cc2ccc(C)cc2C)cc1OCC. The van der Waals surface area contributed by atoms with E-state index in [0.29, 0.717) is 28.1 Å². The Labute approximate surface area is 190 Å². The lowest BCUT2D eigenvalue weighted by atomic mass is 10.0. The Morgan fingerprint density at radius 3 is 2.55 bits per heavy atom. The van der Waals surface area contributed by atoms with Crippen LogP contribution < -0.4 is 14.9 Å². The first kappa shape index (κ1) is 24.4. The molecule has 2 aromatic carbocycles. The van der Waals surface area contributed by atoms with Gasteiger partial charge < -0.3 is 14.2 Å². The third-order valence-corrected chi connectivity index (χ3v) is 4.81. The Bertz CT molecular complexity index is 959. The van der Waals surface area contributed by atoms with Gasteiger partial charge in [0, 0.05) is 0 Å². The molecule has 8 heteroatoms. The number of carbonyl (C=O) groups is 2. The van der Waals surface area contributed by atoms with Crippen LogP contribution in [0.5, 0.6) is 11.5 Å². The highest BCUT2D eigenvalue weighted by atomic mass is 79.9. The standard InChI is InChI=1S/C23H27BrN2O5/c1-5-29-20-11-17(10-19(24)23(20)31-14-22(28)30-6-2)13-25-26-21(27)12-18-8-7-15(3)9-16(18)4/h7-11,13H,5-6,12,14H2,1-4H3,(H,26,27)/b25-13-. The van der Waals surface area contributed by atoms with Crippen molar-refractivity contribution >= 4 is 34.0 Å². The van der Waals surface area contributed by atoms with Crippen LogP contribution in [0.1, 0.15) is 36.1 Å². The van der Waals surface area contributed by atoms with Crippen molar-refractivity contribution in [1.29, 1.82) is 0 Å². The topological polar surface area (TPSA) is 86.2 Å². The summed E-state index contributed by atoms with van der Waals surface area (Å²) in [6, 6.07) is 9.45. The lowest BCUT2D eigenvalue weighted by Crippen LogP contribution is -2.20. The van der Waals surface area contributed by atoms with Gasteiger partial charge in [0.05, 0.1) is 30.3 Å². The Kier molecular flexibility index (Phi) is 9.52. The summed E-state index contributed by atoms with van der Waals surface area (Å²) in [6.45, 7) is 8.04. The molecule has 0 aromatic heterocycles. The molecule has 1 N–H and O–H groups in total. The fraction of sp³-hybridized carbons (Fsp3) is 0.348. The molecule has 166 valence electrons. The molecule has 0 saturated carbocycles. The molecule has 0 aliphatic rings. The summed E-state index contributed by atoms with van der Waals surface area (Å²) in [7, 11) is 0. The van der Waals surface area contributed by atoms with E-state index in [9.17, 15) is 9.59 Å². The smallest absolute Gasteiger partial charge is 0.344 e. The van der Waals surface area contributed by atoms with Crippen molar-refractivity contribution in [3.05, 3.63) is 57.1 Å². The molecule has 2 aromatic rings. The van der Waals surface area contributed by atoms with Crippen LogP contribution in [-0.2, 0) is 20.7 Å². The minimum atomic E-state index is -0.464. The number of hydrogen-bond acceptors (Lipinski definition) is 6. The molecular formula is C23H27BrN2O5. The van der Waals surface area contributed by atoms with E-state index in [1.54, 1.807) is 19.1 Å². The van der Waals surface area contributed by atoms with E-state index in [1.807, 2.05) is 39.0 Å². The molecular weight excluding hydrogens is 464 g/mol. The number of ether oxygens (including phenoxy) is 3. The molecule has 7 nitrogen and oxygen atoms in total. The number of benzene rings is 2. The van der Waals surface area contributed by atoms with E-state index in [0.717, 1.165) is 16.7 Å². The Morgan fingerprint density at radius 2 is 1.87 bits per heavy atom. The lowest BCUT2D eigenvalue weighted by molar-refractivity contribution is -0.145. The second-order valence-corrected chi connectivity index (χ2v) is 7.61. The van der Waals surface area contributed by atoms with Gasteiger partial charge in [-0.05, 0) is 72.4 Å². The van der Waals surface area contributed by atoms with Crippen molar-refractivity contribution in [2.75, 3.05) is 19.8 Å². The maximum Gasteiger partial charge on any atom is 0.344 e. The van der Waals surface area contributed by atoms with Gasteiger partial charge in [-0.3, -0.25) is 4.79 Å². The number of nitrogens with zero attached hydrogens (tertiary/aromatic N) is 1. The summed E-state index contributed by atoms with van der Waals surface area (Å²) < 4.78 is 16.6. The average Bonchev–Trinajstić information content (AvgIpc) is 2.70. The maximum absolute atomic E-state index is 12.2. The molecule has 0 aliphatic heterocycles. The van der Waals surface area contributed by atoms with Crippen LogP contribution in [0.15, 0.2) is 39.9 Å². The van der Waals surface area contributed by atoms with E-state index in [2.05, 4.69) is 26.5 Å². The Hall–Kier alpha value is -2.87. The molecule has 0 unspecified atom stereocenters. The highest BCUT2D eigenvalue weighted by Gasteiger charge is 2.14. The van der Waals surface area contributed by atoms with Gasteiger partial charge in [-0.2, -0.15) is 5.10 Å². The zero-order chi connectivity index (χ0) is 22.8. The third-order valence-electron chi connectivity index (χ3n) is 4.22. The summed E-state index contributed by atoms with van der Waals surface area (Å²) >= 11 is 3.43. The second kappa shape index (κ2) is 12.1. The zero-order valence-corrected chi connectivity index (χ0v) is 19.7. The summed E-state index contributed by atoms with van der Waals surface area (Å²) in [5, 5.41) is 4.04. The van der Waals surface area contributed by atoms with Crippen molar-refractivity contribution in [3.63, 3.8) is 0 Å². The van der Waals surface area contributed by atoms with Gasteiger partial charge in [0.15, 0.2) is 18.1 Å². The predicted molar refractivity (Wildman–Crippen MR) is 123 cm³/mol. The summed E-state index contributed by atoms with van der Waals surface area (Å²) in [5.41, 5.74) is 6.42. The first-order valence-corrected chi connectivity index (χ1v) is 10.8. The van der Waals surface area contributed by atoms with Crippen LogP contribution in [0, 0.1) is 13.8 Å². The van der Waals surface area contributed by atoms with Crippen LogP contribution in [-0.4, -0.2) is 37.9 Å². The fourth-order valence-electron chi connectivity index (χ4n) is 2.83. The number of hydrazone groups is 1. The zero-order valence-electron chi connectivity index (χ0n) is 18.2. The Morgan fingerprint density at radius 1 is 1.10 bits per heavy atom. The average molecular weight is 491 g/mol. The number of halogens is 1. The molecule has 1 amide bonds. The molecule has 0 saturated heterocycles. The number of amides is 1. The van der Waals surface area contributed by atoms with E-state index in [4.69, 9.17) is 14.2 Å². The van der Waals surface area contributed by atoms with Gasteiger partial charge in [-0.25, -0.2) is 10.2 Å². The molecule has 0 bridgehead atoms. The quantitative estimate of drug-likeness (QED) is 0.307. The predicted octanol–water partition coefficient (Wildman–Crippen LogP) is 4.10. The highest BCUT2D eigenvalue weighted by molar-refractivity contribution is 9.10. The first-order valence-electron chi connectivity index (χ1n) is 9.96. The van der Waals surface area contributed by atoms with Crippen molar-refractivity contribution in [2.24, 2.45) is 5.10 Å². The molecule has 0 fully saturated rings. The van der Waals surface area contributed by atoms with Crippen LogP contribution in [0.4, 0.5) is 0 Å².